The van der Waals surface area contributed by atoms with Gasteiger partial charge in [-0.2, -0.15) is 10.2 Å². The maximum atomic E-state index is 10.6. The number of carboxylic acid groups (broad SMARTS) is 1. The van der Waals surface area contributed by atoms with E-state index in [1.54, 1.807) is 6.20 Å². The second-order valence-electron chi connectivity index (χ2n) is 3.75. The lowest BCUT2D eigenvalue weighted by molar-refractivity contribution is -0.136. The Kier molecular flexibility index (Phi) is 3.58. The third-order valence-electron chi connectivity index (χ3n) is 2.30. The zero-order valence-corrected chi connectivity index (χ0v) is 10.1. The number of benzene rings is 1. The van der Waals surface area contributed by atoms with Crippen LogP contribution in [0, 0.1) is 0 Å². The topological polar surface area (TPSA) is 63.1 Å². The van der Waals surface area contributed by atoms with E-state index in [9.17, 15) is 4.79 Å². The molecule has 88 valence electrons. The van der Waals surface area contributed by atoms with Crippen LogP contribution in [0.15, 0.2) is 35.4 Å². The Morgan fingerprint density at radius 1 is 1.47 bits per heavy atom. The van der Waals surface area contributed by atoms with Crippen molar-refractivity contribution in [2.24, 2.45) is 0 Å². The van der Waals surface area contributed by atoms with Gasteiger partial charge < -0.3 is 5.11 Å². The van der Waals surface area contributed by atoms with Gasteiger partial charge in [-0.25, -0.2) is 0 Å². The number of fused-ring (bicyclic) bond motifs is 1. The number of thioether (sulfide) groups is 1. The van der Waals surface area contributed by atoms with Crippen molar-refractivity contribution >= 4 is 28.6 Å². The summed E-state index contributed by atoms with van der Waals surface area (Å²) in [6.45, 7) is 1.90. The van der Waals surface area contributed by atoms with Gasteiger partial charge in [0.1, 0.15) is 0 Å². The molecule has 0 aliphatic carbocycles. The molecule has 1 aromatic heterocycles. The van der Waals surface area contributed by atoms with E-state index in [-0.39, 0.29) is 11.7 Å². The quantitative estimate of drug-likeness (QED) is 0.842. The van der Waals surface area contributed by atoms with Gasteiger partial charge in [-0.15, -0.1) is 11.8 Å². The fraction of sp³-hybridized carbons (Fsp3) is 0.250. The summed E-state index contributed by atoms with van der Waals surface area (Å²) in [7, 11) is 0. The van der Waals surface area contributed by atoms with Crippen LogP contribution in [-0.4, -0.2) is 26.5 Å². The molecule has 1 atom stereocenters. The van der Waals surface area contributed by atoms with Crippen molar-refractivity contribution in [3.8, 4) is 0 Å². The molecule has 2 aromatic rings. The number of aromatic nitrogens is 2. The maximum Gasteiger partial charge on any atom is 0.304 e. The van der Waals surface area contributed by atoms with Crippen molar-refractivity contribution in [3.63, 3.8) is 0 Å². The highest BCUT2D eigenvalue weighted by molar-refractivity contribution is 8.00. The van der Waals surface area contributed by atoms with Crippen LogP contribution in [-0.2, 0) is 4.79 Å². The smallest absolute Gasteiger partial charge is 0.304 e. The van der Waals surface area contributed by atoms with Gasteiger partial charge in [-0.05, 0) is 6.07 Å². The third kappa shape index (κ3) is 2.94. The van der Waals surface area contributed by atoms with Crippen molar-refractivity contribution in [3.05, 3.63) is 30.5 Å². The van der Waals surface area contributed by atoms with E-state index in [4.69, 9.17) is 5.11 Å². The van der Waals surface area contributed by atoms with E-state index in [0.717, 1.165) is 15.8 Å². The van der Waals surface area contributed by atoms with Crippen LogP contribution >= 0.6 is 11.8 Å². The van der Waals surface area contributed by atoms with E-state index < -0.39 is 5.97 Å². The SMILES string of the molecule is CC(CC(=O)O)Sc1cnnc2ccccc12. The maximum absolute atomic E-state index is 10.6. The first-order valence-corrected chi connectivity index (χ1v) is 6.13. The van der Waals surface area contributed by atoms with Gasteiger partial charge in [-0.3, -0.25) is 4.79 Å². The lowest BCUT2D eigenvalue weighted by Gasteiger charge is -2.09. The number of rotatable bonds is 4. The summed E-state index contributed by atoms with van der Waals surface area (Å²) in [5, 5.41) is 17.7. The Balaban J connectivity index is 2.26. The average molecular weight is 248 g/mol. The first-order chi connectivity index (χ1) is 8.16. The normalized spacial score (nSPS) is 12.5. The third-order valence-corrected chi connectivity index (χ3v) is 3.45. The summed E-state index contributed by atoms with van der Waals surface area (Å²) >= 11 is 1.52. The molecular weight excluding hydrogens is 236 g/mol. The lowest BCUT2D eigenvalue weighted by Crippen LogP contribution is -2.05. The van der Waals surface area contributed by atoms with Gasteiger partial charge in [0, 0.05) is 15.5 Å². The Morgan fingerprint density at radius 3 is 3.00 bits per heavy atom. The average Bonchev–Trinajstić information content (AvgIpc) is 2.28. The molecule has 2 rings (SSSR count). The van der Waals surface area contributed by atoms with Crippen LogP contribution < -0.4 is 0 Å². The van der Waals surface area contributed by atoms with Crippen molar-refractivity contribution in [1.82, 2.24) is 10.2 Å². The highest BCUT2D eigenvalue weighted by atomic mass is 32.2. The molecule has 0 aliphatic rings. The number of carboxylic acids is 1. The van der Waals surface area contributed by atoms with Crippen LogP contribution in [0.3, 0.4) is 0 Å². The summed E-state index contributed by atoms with van der Waals surface area (Å²) in [5.74, 6) is -0.781. The Morgan fingerprint density at radius 2 is 2.24 bits per heavy atom. The molecule has 0 saturated carbocycles. The predicted molar refractivity (Wildman–Crippen MR) is 67.1 cm³/mol. The minimum Gasteiger partial charge on any atom is -0.481 e. The van der Waals surface area contributed by atoms with Gasteiger partial charge in [0.05, 0.1) is 18.1 Å². The monoisotopic (exact) mass is 248 g/mol. The molecule has 1 aromatic carbocycles. The van der Waals surface area contributed by atoms with Crippen LogP contribution in [0.25, 0.3) is 10.9 Å². The Hall–Kier alpha value is -1.62. The molecular formula is C12H12N2O2S. The van der Waals surface area contributed by atoms with Crippen molar-refractivity contribution in [2.45, 2.75) is 23.5 Å². The van der Waals surface area contributed by atoms with Gasteiger partial charge in [-0.1, -0.05) is 25.1 Å². The highest BCUT2D eigenvalue weighted by Gasteiger charge is 2.11. The second kappa shape index (κ2) is 5.14. The van der Waals surface area contributed by atoms with Crippen LogP contribution in [0.4, 0.5) is 0 Å². The molecule has 17 heavy (non-hydrogen) atoms. The second-order valence-corrected chi connectivity index (χ2v) is 5.23. The molecule has 4 nitrogen and oxygen atoms in total. The molecule has 5 heteroatoms. The van der Waals surface area contributed by atoms with E-state index in [1.807, 2.05) is 31.2 Å². The summed E-state index contributed by atoms with van der Waals surface area (Å²) in [4.78, 5) is 11.6. The largest absolute Gasteiger partial charge is 0.481 e. The summed E-state index contributed by atoms with van der Waals surface area (Å²) in [6, 6.07) is 7.72. The highest BCUT2D eigenvalue weighted by Crippen LogP contribution is 2.30. The van der Waals surface area contributed by atoms with E-state index in [2.05, 4.69) is 10.2 Å². The lowest BCUT2D eigenvalue weighted by atomic mass is 10.2. The molecule has 0 saturated heterocycles. The number of carbonyl (C=O) groups is 1. The fourth-order valence-electron chi connectivity index (χ4n) is 1.58. The van der Waals surface area contributed by atoms with Gasteiger partial charge in [0.2, 0.25) is 0 Å². The molecule has 0 spiro atoms. The molecule has 0 radical (unpaired) electrons. The summed E-state index contributed by atoms with van der Waals surface area (Å²) in [6.07, 6.45) is 1.83. The summed E-state index contributed by atoms with van der Waals surface area (Å²) < 4.78 is 0. The fourth-order valence-corrected chi connectivity index (χ4v) is 2.65. The number of hydrogen-bond donors (Lipinski definition) is 1. The Labute approximate surface area is 103 Å². The zero-order chi connectivity index (χ0) is 12.3. The molecule has 0 bridgehead atoms. The number of aliphatic carboxylic acids is 1. The standard InChI is InChI=1S/C12H12N2O2S/c1-8(6-12(15)16)17-11-7-13-14-10-5-3-2-4-9(10)11/h2-5,7-8H,6H2,1H3,(H,15,16). The first kappa shape index (κ1) is 11.9. The van der Waals surface area contributed by atoms with Gasteiger partial charge >= 0.3 is 5.97 Å². The first-order valence-electron chi connectivity index (χ1n) is 5.25. The molecule has 0 fully saturated rings. The molecule has 0 aliphatic heterocycles. The van der Waals surface area contributed by atoms with Crippen molar-refractivity contribution < 1.29 is 9.90 Å². The molecule has 1 heterocycles. The number of nitrogens with zero attached hydrogens (tertiary/aromatic N) is 2. The van der Waals surface area contributed by atoms with E-state index in [1.165, 1.54) is 11.8 Å². The van der Waals surface area contributed by atoms with Crippen molar-refractivity contribution in [1.29, 1.82) is 0 Å². The van der Waals surface area contributed by atoms with Crippen molar-refractivity contribution in [2.75, 3.05) is 0 Å². The van der Waals surface area contributed by atoms with Gasteiger partial charge in [0.25, 0.3) is 0 Å². The van der Waals surface area contributed by atoms with E-state index in [0.29, 0.717) is 0 Å². The molecule has 0 amide bonds. The molecule has 1 unspecified atom stereocenters. The minimum atomic E-state index is -0.781. The Bertz CT molecular complexity index is 540. The summed E-state index contributed by atoms with van der Waals surface area (Å²) in [5.41, 5.74) is 0.833. The zero-order valence-electron chi connectivity index (χ0n) is 9.33. The number of hydrogen-bond acceptors (Lipinski definition) is 4. The minimum absolute atomic E-state index is 0.0140. The van der Waals surface area contributed by atoms with Gasteiger partial charge in [0.15, 0.2) is 0 Å². The predicted octanol–water partition coefficient (Wildman–Crippen LogP) is 2.59. The van der Waals surface area contributed by atoms with Crippen LogP contribution in [0.5, 0.6) is 0 Å². The van der Waals surface area contributed by atoms with Crippen LogP contribution in [0.1, 0.15) is 13.3 Å². The van der Waals surface area contributed by atoms with E-state index >= 15 is 0 Å². The molecule has 1 N–H and O–H groups in total. The van der Waals surface area contributed by atoms with Crippen LogP contribution in [0.2, 0.25) is 0 Å².